The highest BCUT2D eigenvalue weighted by Gasteiger charge is 2.31. The smallest absolute Gasteiger partial charge is 0.492 e. The Labute approximate surface area is 237 Å². The summed E-state index contributed by atoms with van der Waals surface area (Å²) in [5, 5.41) is 12.0. The summed E-state index contributed by atoms with van der Waals surface area (Å²) in [5.74, 6) is 0.908. The molecule has 2 aromatic carbocycles. The zero-order valence-electron chi connectivity index (χ0n) is 22.7. The number of nitrogens with zero attached hydrogens (tertiary/aromatic N) is 1. The summed E-state index contributed by atoms with van der Waals surface area (Å²) in [6.45, 7) is 5.14. The van der Waals surface area contributed by atoms with Crippen LogP contribution in [0.15, 0.2) is 48.5 Å². The van der Waals surface area contributed by atoms with E-state index in [0.717, 1.165) is 48.5 Å². The van der Waals surface area contributed by atoms with Crippen LogP contribution >= 0.6 is 11.8 Å². The minimum atomic E-state index is -4.79. The van der Waals surface area contributed by atoms with Crippen LogP contribution in [0.25, 0.3) is 0 Å². The molecule has 40 heavy (non-hydrogen) atoms. The maximum atomic E-state index is 13.0. The zero-order valence-corrected chi connectivity index (χ0v) is 23.6. The van der Waals surface area contributed by atoms with Crippen molar-refractivity contribution in [2.24, 2.45) is 0 Å². The number of hydrogen-bond acceptors (Lipinski definition) is 6. The molecule has 0 radical (unpaired) electrons. The fraction of sp³-hybridized carbons (Fsp3) is 0.500. The highest BCUT2D eigenvalue weighted by molar-refractivity contribution is 7.99. The molecule has 2 N–H and O–H groups in total. The molecule has 12 heteroatoms. The molecule has 0 saturated heterocycles. The number of carboxylic acids is 1. The van der Waals surface area contributed by atoms with Gasteiger partial charge in [-0.25, -0.2) is 9.59 Å². The summed E-state index contributed by atoms with van der Waals surface area (Å²) in [6.07, 6.45) is -2.08. The molecule has 0 bridgehead atoms. The number of benzene rings is 2. The van der Waals surface area contributed by atoms with E-state index in [1.165, 1.54) is 12.1 Å². The van der Waals surface area contributed by atoms with Gasteiger partial charge in [-0.1, -0.05) is 31.9 Å². The molecule has 2 aromatic rings. The number of carbonyl (C=O) groups excluding carboxylic acids is 1. The molecule has 0 aromatic heterocycles. The average Bonchev–Trinajstić information content (AvgIpc) is 2.90. The maximum absolute atomic E-state index is 13.0. The molecule has 0 aliphatic carbocycles. The highest BCUT2D eigenvalue weighted by Crippen LogP contribution is 2.24. The molecule has 1 unspecified atom stereocenters. The van der Waals surface area contributed by atoms with Gasteiger partial charge in [-0.2, -0.15) is 11.8 Å². The van der Waals surface area contributed by atoms with Crippen molar-refractivity contribution in [2.75, 3.05) is 43.1 Å². The molecule has 2 rings (SSSR count). The van der Waals surface area contributed by atoms with Gasteiger partial charge in [-0.3, -0.25) is 0 Å². The van der Waals surface area contributed by atoms with Crippen molar-refractivity contribution in [1.29, 1.82) is 0 Å². The Morgan fingerprint density at radius 2 is 1.65 bits per heavy atom. The minimum absolute atomic E-state index is 0.211. The van der Waals surface area contributed by atoms with Crippen LogP contribution < -0.4 is 14.8 Å². The van der Waals surface area contributed by atoms with E-state index >= 15 is 0 Å². The predicted molar refractivity (Wildman–Crippen MR) is 149 cm³/mol. The molecule has 222 valence electrons. The SMILES string of the molecule is CCCCCSCCN(CCOc1ccc(CC(OCC)C(=O)O)cc1)C(=O)Nc1ccc(OC(F)(F)F)cc1. The number of nitrogens with one attached hydrogen (secondary N) is 1. The van der Waals surface area contributed by atoms with Gasteiger partial charge in [0.15, 0.2) is 6.10 Å². The average molecular weight is 587 g/mol. The van der Waals surface area contributed by atoms with Crippen molar-refractivity contribution in [3.8, 4) is 11.5 Å². The number of hydrogen-bond donors (Lipinski definition) is 2. The largest absolute Gasteiger partial charge is 0.573 e. The summed E-state index contributed by atoms with van der Waals surface area (Å²) < 4.78 is 52.1. The lowest BCUT2D eigenvalue weighted by Crippen LogP contribution is -2.39. The van der Waals surface area contributed by atoms with Gasteiger partial charge in [0.25, 0.3) is 0 Å². The second-order valence-corrected chi connectivity index (χ2v) is 10.0. The third kappa shape index (κ3) is 13.3. The molecule has 2 amide bonds. The first-order valence-electron chi connectivity index (χ1n) is 13.2. The first-order valence-corrected chi connectivity index (χ1v) is 14.3. The fourth-order valence-electron chi connectivity index (χ4n) is 3.62. The minimum Gasteiger partial charge on any atom is -0.492 e. The van der Waals surface area contributed by atoms with E-state index < -0.39 is 24.5 Å². The van der Waals surface area contributed by atoms with E-state index in [0.29, 0.717) is 24.6 Å². The number of alkyl halides is 3. The molecular weight excluding hydrogens is 549 g/mol. The lowest BCUT2D eigenvalue weighted by molar-refractivity contribution is -0.274. The van der Waals surface area contributed by atoms with E-state index in [1.807, 2.05) is 0 Å². The van der Waals surface area contributed by atoms with Crippen molar-refractivity contribution >= 4 is 29.4 Å². The molecular formula is C28H37F3N2O6S. The number of carboxylic acid groups (broad SMARTS) is 1. The Morgan fingerprint density at radius 3 is 2.25 bits per heavy atom. The van der Waals surface area contributed by atoms with Gasteiger partial charge in [0.1, 0.15) is 18.1 Å². The van der Waals surface area contributed by atoms with Crippen LogP contribution in [0.5, 0.6) is 11.5 Å². The number of thioether (sulfide) groups is 1. The Bertz CT molecular complexity index is 1020. The van der Waals surface area contributed by atoms with Crippen LogP contribution in [0.2, 0.25) is 0 Å². The number of amides is 2. The van der Waals surface area contributed by atoms with E-state index in [1.54, 1.807) is 47.9 Å². The molecule has 1 atom stereocenters. The van der Waals surface area contributed by atoms with Crippen LogP contribution in [-0.2, 0) is 16.0 Å². The van der Waals surface area contributed by atoms with Gasteiger partial charge < -0.3 is 29.5 Å². The third-order valence-electron chi connectivity index (χ3n) is 5.64. The van der Waals surface area contributed by atoms with Gasteiger partial charge in [0.2, 0.25) is 0 Å². The summed E-state index contributed by atoms with van der Waals surface area (Å²) in [7, 11) is 0. The van der Waals surface area contributed by atoms with Crippen molar-refractivity contribution in [1.82, 2.24) is 4.90 Å². The van der Waals surface area contributed by atoms with Crippen LogP contribution in [-0.4, -0.2) is 72.3 Å². The standard InChI is InChI=1S/C28H37F3N2O6S/c1-3-5-6-18-40-19-16-33(27(36)32-22-9-13-24(14-10-22)39-28(29,30)31)15-17-38-23-11-7-21(8-12-23)20-25(26(34)35)37-4-2/h7-14,25H,3-6,15-20H2,1-2H3,(H,32,36)(H,34,35). The molecule has 0 heterocycles. The lowest BCUT2D eigenvalue weighted by Gasteiger charge is -2.23. The summed E-state index contributed by atoms with van der Waals surface area (Å²) in [6, 6.07) is 11.6. The van der Waals surface area contributed by atoms with E-state index in [2.05, 4.69) is 17.0 Å². The van der Waals surface area contributed by atoms with Crippen molar-refractivity contribution in [3.05, 3.63) is 54.1 Å². The number of carbonyl (C=O) groups is 2. The number of aliphatic carboxylic acids is 1. The van der Waals surface area contributed by atoms with Crippen molar-refractivity contribution in [3.63, 3.8) is 0 Å². The quantitative estimate of drug-likeness (QED) is 0.194. The Hall–Kier alpha value is -3.12. The van der Waals surface area contributed by atoms with Crippen molar-refractivity contribution < 1.29 is 42.1 Å². The number of anilines is 1. The number of rotatable bonds is 18. The first-order chi connectivity index (χ1) is 19.1. The topological polar surface area (TPSA) is 97.3 Å². The molecule has 0 saturated carbocycles. The van der Waals surface area contributed by atoms with Gasteiger partial charge in [0, 0.05) is 31.0 Å². The number of halogens is 3. The Kier molecular flexibility index (Phi) is 14.5. The number of unbranched alkanes of at least 4 members (excludes halogenated alkanes) is 2. The van der Waals surface area contributed by atoms with Gasteiger partial charge in [-0.05, 0) is 61.1 Å². The molecule has 0 fully saturated rings. The van der Waals surface area contributed by atoms with E-state index in [4.69, 9.17) is 9.47 Å². The van der Waals surface area contributed by atoms with Crippen molar-refractivity contribution in [2.45, 2.75) is 52.0 Å². The van der Waals surface area contributed by atoms with Crippen LogP contribution in [0.3, 0.4) is 0 Å². The fourth-order valence-corrected chi connectivity index (χ4v) is 4.58. The third-order valence-corrected chi connectivity index (χ3v) is 6.69. The second-order valence-electron chi connectivity index (χ2n) is 8.79. The highest BCUT2D eigenvalue weighted by atomic mass is 32.2. The van der Waals surface area contributed by atoms with Crippen LogP contribution in [0.1, 0.15) is 38.7 Å². The number of ether oxygens (including phenoxy) is 3. The molecule has 0 spiro atoms. The summed E-state index contributed by atoms with van der Waals surface area (Å²) in [5.41, 5.74) is 1.13. The molecule has 0 aliphatic rings. The molecule has 8 nitrogen and oxygen atoms in total. The van der Waals surface area contributed by atoms with E-state index in [9.17, 15) is 27.9 Å². The Morgan fingerprint density at radius 1 is 0.975 bits per heavy atom. The second kappa shape index (κ2) is 17.5. The van der Waals surface area contributed by atoms with Gasteiger partial charge in [0.05, 0.1) is 6.54 Å². The molecule has 0 aliphatic heterocycles. The summed E-state index contributed by atoms with van der Waals surface area (Å²) >= 11 is 1.76. The zero-order chi connectivity index (χ0) is 29.4. The lowest BCUT2D eigenvalue weighted by atomic mass is 10.1. The monoisotopic (exact) mass is 586 g/mol. The van der Waals surface area contributed by atoms with Gasteiger partial charge >= 0.3 is 18.4 Å². The van der Waals surface area contributed by atoms with Crippen LogP contribution in [0, 0.1) is 0 Å². The van der Waals surface area contributed by atoms with Gasteiger partial charge in [-0.15, -0.1) is 13.2 Å². The first kappa shape index (κ1) is 33.1. The normalized spacial score (nSPS) is 12.0. The van der Waals surface area contributed by atoms with Crippen LogP contribution in [0.4, 0.5) is 23.7 Å². The number of urea groups is 1. The predicted octanol–water partition coefficient (Wildman–Crippen LogP) is 6.45. The maximum Gasteiger partial charge on any atom is 0.573 e. The van der Waals surface area contributed by atoms with E-state index in [-0.39, 0.29) is 25.3 Å². The summed E-state index contributed by atoms with van der Waals surface area (Å²) in [4.78, 5) is 25.9. The Balaban J connectivity index is 1.93.